The second-order valence-corrected chi connectivity index (χ2v) is 6.97. The van der Waals surface area contributed by atoms with Crippen LogP contribution in [0.4, 0.5) is 22.0 Å². The molecule has 0 atom stereocenters. The van der Waals surface area contributed by atoms with Gasteiger partial charge in [0.05, 0.1) is 25.3 Å². The fraction of sp³-hybridized carbons (Fsp3) is 0.533. The van der Waals surface area contributed by atoms with Gasteiger partial charge >= 0.3 is 22.0 Å². The number of esters is 2. The third kappa shape index (κ3) is 4.80. The van der Waals surface area contributed by atoms with E-state index in [1.807, 2.05) is 0 Å². The van der Waals surface area contributed by atoms with Crippen LogP contribution in [0, 0.1) is 5.92 Å². The molecule has 0 amide bonds. The zero-order chi connectivity index (χ0) is 20.4. The lowest BCUT2D eigenvalue weighted by Gasteiger charge is -2.22. The Morgan fingerprint density at radius 2 is 1.42 bits per heavy atom. The number of ether oxygens (including phenoxy) is 2. The Morgan fingerprint density at radius 3 is 1.73 bits per heavy atom. The molecule has 146 valence electrons. The van der Waals surface area contributed by atoms with Crippen LogP contribution < -0.4 is 0 Å². The van der Waals surface area contributed by atoms with Crippen LogP contribution >= 0.6 is 22.6 Å². The average Bonchev–Trinajstić information content (AvgIpc) is 2.49. The van der Waals surface area contributed by atoms with Gasteiger partial charge in [-0.1, -0.05) is 13.8 Å². The number of hydrogen-bond acceptors (Lipinski definition) is 5. The number of aromatic nitrogens is 1. The summed E-state index contributed by atoms with van der Waals surface area (Å²) in [6.45, 7) is 3.16. The fourth-order valence-corrected chi connectivity index (χ4v) is 2.69. The van der Waals surface area contributed by atoms with Gasteiger partial charge in [0.1, 0.15) is 5.69 Å². The number of nitrogens with zero attached hydrogens (tertiary/aromatic N) is 1. The Balaban J connectivity index is 4.15. The maximum Gasteiger partial charge on any atom is 0.434 e. The molecule has 0 aromatic carbocycles. The standard InChI is InChI=1S/C15H15F5INO4/c1-6(2)5-7-8(12(23)25-3)10(14(16,17)18)22-11(15(19,20)21)9(7)13(24)26-4/h6H,5H2,1-4H3. The third-order valence-corrected chi connectivity index (χ3v) is 3.74. The Hall–Kier alpha value is -1.53. The normalized spacial score (nSPS) is 12.3. The highest BCUT2D eigenvalue weighted by Crippen LogP contribution is 2.42. The van der Waals surface area contributed by atoms with Crippen molar-refractivity contribution in [3.8, 4) is 0 Å². The van der Waals surface area contributed by atoms with Crippen molar-refractivity contribution in [2.75, 3.05) is 14.2 Å². The first-order chi connectivity index (χ1) is 11.8. The Bertz CT molecular complexity index is 661. The molecule has 11 heteroatoms. The van der Waals surface area contributed by atoms with Crippen molar-refractivity contribution in [2.24, 2.45) is 5.92 Å². The maximum atomic E-state index is 13.9. The molecule has 0 radical (unpaired) electrons. The van der Waals surface area contributed by atoms with Crippen LogP contribution in [0.25, 0.3) is 0 Å². The molecular weight excluding hydrogens is 480 g/mol. The van der Waals surface area contributed by atoms with E-state index < -0.39 is 50.1 Å². The van der Waals surface area contributed by atoms with Crippen molar-refractivity contribution in [1.82, 2.24) is 4.98 Å². The minimum atomic E-state index is -5.22. The largest absolute Gasteiger partial charge is 0.465 e. The van der Waals surface area contributed by atoms with Crippen molar-refractivity contribution >= 4 is 34.5 Å². The summed E-state index contributed by atoms with van der Waals surface area (Å²) in [5.74, 6) is -3.13. The monoisotopic (exact) mass is 495 g/mol. The topological polar surface area (TPSA) is 65.5 Å². The highest BCUT2D eigenvalue weighted by atomic mass is 127. The quantitative estimate of drug-likeness (QED) is 0.263. The lowest BCUT2D eigenvalue weighted by molar-refractivity contribution is -0.142. The number of pyridine rings is 1. The van der Waals surface area contributed by atoms with Crippen LogP contribution in [0.15, 0.2) is 0 Å². The molecule has 0 spiro atoms. The van der Waals surface area contributed by atoms with E-state index in [1.54, 1.807) is 13.8 Å². The molecule has 5 nitrogen and oxygen atoms in total. The molecular formula is C15H15F5INO4. The minimum Gasteiger partial charge on any atom is -0.465 e. The summed E-state index contributed by atoms with van der Waals surface area (Å²) in [6.07, 6.45) is -5.50. The van der Waals surface area contributed by atoms with Gasteiger partial charge in [0.15, 0.2) is 5.69 Å². The van der Waals surface area contributed by atoms with Crippen LogP contribution in [0.5, 0.6) is 0 Å². The van der Waals surface area contributed by atoms with Gasteiger partial charge in [-0.25, -0.2) is 14.6 Å². The first-order valence-corrected chi connectivity index (χ1v) is 8.21. The zero-order valence-electron chi connectivity index (χ0n) is 14.1. The summed E-state index contributed by atoms with van der Waals surface area (Å²) >= 11 is 0.564. The molecule has 0 bridgehead atoms. The molecule has 0 saturated heterocycles. The first kappa shape index (κ1) is 22.5. The van der Waals surface area contributed by atoms with Crippen molar-refractivity contribution in [2.45, 2.75) is 30.4 Å². The van der Waals surface area contributed by atoms with Gasteiger partial charge in [0.2, 0.25) is 0 Å². The molecule has 1 rings (SSSR count). The molecule has 0 N–H and O–H groups in total. The van der Waals surface area contributed by atoms with E-state index >= 15 is 0 Å². The van der Waals surface area contributed by atoms with Crippen LogP contribution in [-0.2, 0) is 26.0 Å². The van der Waals surface area contributed by atoms with Gasteiger partial charge in [-0.15, -0.1) is 0 Å². The second-order valence-electron chi connectivity index (χ2n) is 5.61. The molecule has 1 aromatic heterocycles. The summed E-state index contributed by atoms with van der Waals surface area (Å²) in [6, 6.07) is 0. The van der Waals surface area contributed by atoms with Crippen LogP contribution in [0.1, 0.15) is 51.5 Å². The van der Waals surface area contributed by atoms with E-state index in [2.05, 4.69) is 14.5 Å². The molecule has 0 saturated carbocycles. The highest BCUT2D eigenvalue weighted by Gasteiger charge is 2.46. The molecule has 0 aliphatic heterocycles. The van der Waals surface area contributed by atoms with E-state index in [0.29, 0.717) is 22.6 Å². The van der Waals surface area contributed by atoms with Crippen molar-refractivity contribution in [3.63, 3.8) is 0 Å². The number of methoxy groups -OCH3 is 2. The summed E-state index contributed by atoms with van der Waals surface area (Å²) in [5.41, 5.74) is -5.72. The van der Waals surface area contributed by atoms with E-state index in [1.165, 1.54) is 0 Å². The van der Waals surface area contributed by atoms with E-state index in [9.17, 15) is 31.5 Å². The molecule has 0 fully saturated rings. The maximum absolute atomic E-state index is 13.9. The van der Waals surface area contributed by atoms with Crippen molar-refractivity contribution in [3.05, 3.63) is 28.1 Å². The lowest BCUT2D eigenvalue weighted by Crippen LogP contribution is -2.27. The Kier molecular flexibility index (Phi) is 6.93. The predicted octanol–water partition coefficient (Wildman–Crippen LogP) is 4.36. The van der Waals surface area contributed by atoms with Crippen molar-refractivity contribution in [1.29, 1.82) is 0 Å². The van der Waals surface area contributed by atoms with Gasteiger partial charge < -0.3 is 9.47 Å². The van der Waals surface area contributed by atoms with E-state index in [4.69, 9.17) is 0 Å². The first-order valence-electron chi connectivity index (χ1n) is 7.13. The highest BCUT2D eigenvalue weighted by molar-refractivity contribution is 14.1. The zero-order valence-corrected chi connectivity index (χ0v) is 16.3. The number of rotatable bonds is 5. The molecule has 0 aliphatic carbocycles. The summed E-state index contributed by atoms with van der Waals surface area (Å²) in [4.78, 5) is 27.0. The number of carbonyl (C=O) groups is 2. The van der Waals surface area contributed by atoms with Crippen LogP contribution in [0.2, 0.25) is 0 Å². The smallest absolute Gasteiger partial charge is 0.434 e. The fourth-order valence-electron chi connectivity index (χ4n) is 2.30. The Labute approximate surface area is 159 Å². The number of alkyl halides is 6. The van der Waals surface area contributed by atoms with Crippen molar-refractivity contribution < 1.29 is 41.0 Å². The lowest BCUT2D eigenvalue weighted by atomic mass is 9.91. The molecule has 1 aromatic rings. The van der Waals surface area contributed by atoms with E-state index in [-0.39, 0.29) is 12.3 Å². The molecule has 0 aliphatic rings. The second kappa shape index (κ2) is 8.01. The summed E-state index contributed by atoms with van der Waals surface area (Å²) < 4.78 is 73.0. The summed E-state index contributed by atoms with van der Waals surface area (Å²) in [5, 5.41) is 0. The molecule has 26 heavy (non-hydrogen) atoms. The average molecular weight is 495 g/mol. The molecule has 1 heterocycles. The number of carbonyl (C=O) groups excluding carboxylic acids is 2. The molecule has 0 unspecified atom stereocenters. The SMILES string of the molecule is COC(=O)c1c(C(F)(F)F)nc(C(F)(F)I)c(C(=O)OC)c1CC(C)C. The van der Waals surface area contributed by atoms with Gasteiger partial charge in [-0.2, -0.15) is 22.0 Å². The van der Waals surface area contributed by atoms with Gasteiger partial charge in [0, 0.05) is 22.6 Å². The van der Waals surface area contributed by atoms with Crippen LogP contribution in [-0.4, -0.2) is 31.1 Å². The number of hydrogen-bond donors (Lipinski definition) is 0. The van der Waals surface area contributed by atoms with Gasteiger partial charge in [-0.05, 0) is 17.9 Å². The predicted molar refractivity (Wildman–Crippen MR) is 88.4 cm³/mol. The minimum absolute atomic E-state index is 0.278. The Morgan fingerprint density at radius 1 is 1.00 bits per heavy atom. The van der Waals surface area contributed by atoms with E-state index in [0.717, 1.165) is 14.2 Å². The third-order valence-electron chi connectivity index (χ3n) is 3.23. The number of halogens is 6. The summed E-state index contributed by atoms with van der Waals surface area (Å²) in [7, 11) is 1.71. The van der Waals surface area contributed by atoms with Crippen LogP contribution in [0.3, 0.4) is 0 Å². The van der Waals surface area contributed by atoms with Gasteiger partial charge in [0.25, 0.3) is 0 Å². The van der Waals surface area contributed by atoms with Gasteiger partial charge in [-0.3, -0.25) is 0 Å².